The Labute approximate surface area is 211 Å². The first-order valence-corrected chi connectivity index (χ1v) is 11.2. The van der Waals surface area contributed by atoms with Crippen molar-refractivity contribution in [2.45, 2.75) is 50.1 Å². The van der Waals surface area contributed by atoms with Crippen molar-refractivity contribution >= 4 is 29.0 Å². The largest absolute Gasteiger partial charge is 0.490 e. The van der Waals surface area contributed by atoms with E-state index in [9.17, 15) is 31.1 Å². The minimum absolute atomic E-state index is 0.0643. The van der Waals surface area contributed by atoms with Crippen molar-refractivity contribution in [1.29, 1.82) is 0 Å². The highest BCUT2D eigenvalue weighted by Gasteiger charge is 2.39. The van der Waals surface area contributed by atoms with Gasteiger partial charge in [0.2, 0.25) is 0 Å². The molecule has 11 nitrogen and oxygen atoms in total. The molecule has 1 saturated carbocycles. The van der Waals surface area contributed by atoms with Crippen molar-refractivity contribution in [3.63, 3.8) is 0 Å². The zero-order valence-corrected chi connectivity index (χ0v) is 20.1. The van der Waals surface area contributed by atoms with Crippen molar-refractivity contribution in [2.75, 3.05) is 17.7 Å². The third-order valence-corrected chi connectivity index (χ3v) is 5.67. The maximum Gasteiger partial charge on any atom is 0.490 e. The second-order valence-corrected chi connectivity index (χ2v) is 8.39. The number of carboxylic acid groups (broad SMARTS) is 1. The summed E-state index contributed by atoms with van der Waals surface area (Å²) in [7, 11) is 3.28. The van der Waals surface area contributed by atoms with E-state index in [2.05, 4.69) is 31.1 Å². The zero-order valence-electron chi connectivity index (χ0n) is 20.1. The first kappa shape index (κ1) is 28.7. The van der Waals surface area contributed by atoms with E-state index in [0.717, 1.165) is 36.6 Å². The maximum absolute atomic E-state index is 13.2. The number of anilines is 2. The van der Waals surface area contributed by atoms with Gasteiger partial charge in [0.1, 0.15) is 11.4 Å². The normalized spacial score (nSPS) is 18.0. The molecule has 0 bridgehead atoms. The SMILES string of the molecule is CN[C@H]1CCCC[C@H]1Nc1ccn2ncc(C(=O)Nc3cn(C)nc3C(F)(F)F)c2n1.O=C(O)C(F)(F)F. The molecule has 38 heavy (non-hydrogen) atoms. The topological polar surface area (TPSA) is 138 Å². The van der Waals surface area contributed by atoms with Crippen molar-refractivity contribution in [3.05, 3.63) is 35.9 Å². The second-order valence-electron chi connectivity index (χ2n) is 8.39. The number of hydrogen-bond acceptors (Lipinski definition) is 7. The monoisotopic (exact) mass is 550 g/mol. The van der Waals surface area contributed by atoms with E-state index in [0.29, 0.717) is 11.9 Å². The van der Waals surface area contributed by atoms with E-state index >= 15 is 0 Å². The summed E-state index contributed by atoms with van der Waals surface area (Å²) < 4.78 is 73.7. The lowest BCUT2D eigenvalue weighted by Gasteiger charge is -2.32. The lowest BCUT2D eigenvalue weighted by Crippen LogP contribution is -2.44. The number of carbonyl (C=O) groups is 2. The van der Waals surface area contributed by atoms with Gasteiger partial charge in [-0.25, -0.2) is 14.3 Å². The van der Waals surface area contributed by atoms with Crippen LogP contribution in [-0.4, -0.2) is 66.7 Å². The van der Waals surface area contributed by atoms with E-state index in [4.69, 9.17) is 9.90 Å². The molecule has 3 aromatic rings. The van der Waals surface area contributed by atoms with Gasteiger partial charge in [-0.3, -0.25) is 9.48 Å². The highest BCUT2D eigenvalue weighted by Crippen LogP contribution is 2.33. The molecule has 0 unspecified atom stereocenters. The van der Waals surface area contributed by atoms with Crippen LogP contribution in [0.15, 0.2) is 24.7 Å². The lowest BCUT2D eigenvalue weighted by molar-refractivity contribution is -0.192. The fourth-order valence-electron chi connectivity index (χ4n) is 3.93. The molecular weight excluding hydrogens is 526 g/mol. The Hall–Kier alpha value is -3.89. The summed E-state index contributed by atoms with van der Waals surface area (Å²) in [6, 6.07) is 2.26. The number of carboxylic acids is 1. The zero-order chi connectivity index (χ0) is 28.3. The Bertz CT molecular complexity index is 1290. The van der Waals surface area contributed by atoms with Gasteiger partial charge in [0.25, 0.3) is 5.91 Å². The van der Waals surface area contributed by atoms with Crippen molar-refractivity contribution in [3.8, 4) is 0 Å². The number of amides is 1. The molecule has 1 aliphatic rings. The molecule has 1 aliphatic carbocycles. The summed E-state index contributed by atoms with van der Waals surface area (Å²) >= 11 is 0. The molecule has 0 aliphatic heterocycles. The lowest BCUT2D eigenvalue weighted by atomic mass is 9.90. The first-order valence-electron chi connectivity index (χ1n) is 11.2. The highest BCUT2D eigenvalue weighted by atomic mass is 19.4. The minimum atomic E-state index is -5.08. The third kappa shape index (κ3) is 6.90. The van der Waals surface area contributed by atoms with Gasteiger partial charge in [0.15, 0.2) is 11.3 Å². The molecule has 1 amide bonds. The molecule has 0 radical (unpaired) electrons. The average Bonchev–Trinajstić information content (AvgIpc) is 3.42. The number of likely N-dealkylation sites (N-methyl/N-ethyl adjacent to an activating group) is 1. The Morgan fingerprint density at radius 1 is 1.11 bits per heavy atom. The number of rotatable bonds is 5. The smallest absolute Gasteiger partial charge is 0.475 e. The van der Waals surface area contributed by atoms with Crippen LogP contribution >= 0.6 is 0 Å². The molecule has 4 N–H and O–H groups in total. The van der Waals surface area contributed by atoms with Gasteiger partial charge >= 0.3 is 18.3 Å². The third-order valence-electron chi connectivity index (χ3n) is 5.67. The number of aromatic nitrogens is 5. The van der Waals surface area contributed by atoms with Crippen LogP contribution in [-0.2, 0) is 18.0 Å². The number of fused-ring (bicyclic) bond motifs is 1. The summed E-state index contributed by atoms with van der Waals surface area (Å²) in [6.07, 6.45) is -1.40. The molecular formula is C21H24F6N8O3. The molecule has 4 rings (SSSR count). The van der Waals surface area contributed by atoms with Gasteiger partial charge in [-0.15, -0.1) is 0 Å². The van der Waals surface area contributed by atoms with Crippen molar-refractivity contribution in [2.24, 2.45) is 7.05 Å². The highest BCUT2D eigenvalue weighted by molar-refractivity contribution is 6.08. The average molecular weight is 550 g/mol. The fourth-order valence-corrected chi connectivity index (χ4v) is 3.93. The van der Waals surface area contributed by atoms with Crippen LogP contribution < -0.4 is 16.0 Å². The number of carbonyl (C=O) groups excluding carboxylic acids is 1. The van der Waals surface area contributed by atoms with E-state index in [1.54, 1.807) is 12.3 Å². The second kappa shape index (κ2) is 11.2. The number of nitrogens with one attached hydrogen (secondary N) is 3. The van der Waals surface area contributed by atoms with Crippen LogP contribution in [0.3, 0.4) is 0 Å². The minimum Gasteiger partial charge on any atom is -0.475 e. The molecule has 1 fully saturated rings. The molecule has 0 saturated heterocycles. The summed E-state index contributed by atoms with van der Waals surface area (Å²) in [5, 5.41) is 23.6. The predicted octanol–water partition coefficient (Wildman–Crippen LogP) is 3.31. The number of aryl methyl sites for hydroxylation is 1. The van der Waals surface area contributed by atoms with Gasteiger partial charge in [-0.05, 0) is 26.0 Å². The van der Waals surface area contributed by atoms with E-state index in [1.807, 2.05) is 7.05 Å². The summed E-state index contributed by atoms with van der Waals surface area (Å²) in [6.45, 7) is 0. The van der Waals surface area contributed by atoms with E-state index in [-0.39, 0.29) is 17.3 Å². The Balaban J connectivity index is 0.000000505. The number of alkyl halides is 6. The Morgan fingerprint density at radius 3 is 2.32 bits per heavy atom. The van der Waals surface area contributed by atoms with Crippen LogP contribution in [0.1, 0.15) is 41.7 Å². The molecule has 0 spiro atoms. The quantitative estimate of drug-likeness (QED) is 0.355. The number of nitrogens with zero attached hydrogens (tertiary/aromatic N) is 5. The maximum atomic E-state index is 13.2. The van der Waals surface area contributed by atoms with Gasteiger partial charge in [0, 0.05) is 31.5 Å². The standard InChI is InChI=1S/C19H23F3N8O.C2HF3O2/c1-23-12-5-3-4-6-13(12)25-15-7-8-30-17(27-15)11(9-24-30)18(31)26-14-10-29(2)28-16(14)19(20,21)22;3-2(4,5)1(6)7/h7-10,12-13,23H,3-6H2,1-2H3,(H,25,27)(H,26,31);(H,6,7)/t12-,13+;/m0./s1. The number of halogens is 6. The van der Waals surface area contributed by atoms with E-state index in [1.165, 1.54) is 17.8 Å². The van der Waals surface area contributed by atoms with Gasteiger partial charge in [-0.2, -0.15) is 36.5 Å². The van der Waals surface area contributed by atoms with Crippen LogP contribution in [0, 0.1) is 0 Å². The van der Waals surface area contributed by atoms with Crippen LogP contribution in [0.5, 0.6) is 0 Å². The van der Waals surface area contributed by atoms with Crippen molar-refractivity contribution < 1.29 is 41.0 Å². The summed E-state index contributed by atoms with van der Waals surface area (Å²) in [5.41, 5.74) is -1.27. The summed E-state index contributed by atoms with van der Waals surface area (Å²) in [5.74, 6) is -2.93. The fraction of sp³-hybridized carbons (Fsp3) is 0.476. The van der Waals surface area contributed by atoms with E-state index < -0.39 is 35.6 Å². The van der Waals surface area contributed by atoms with Gasteiger partial charge in [-0.1, -0.05) is 12.8 Å². The van der Waals surface area contributed by atoms with Crippen LogP contribution in [0.25, 0.3) is 5.65 Å². The summed E-state index contributed by atoms with van der Waals surface area (Å²) in [4.78, 5) is 26.1. The van der Waals surface area contributed by atoms with Crippen LogP contribution in [0.2, 0.25) is 0 Å². The number of hydrogen-bond donors (Lipinski definition) is 4. The van der Waals surface area contributed by atoms with Crippen molar-refractivity contribution in [1.82, 2.24) is 29.7 Å². The number of aliphatic carboxylic acids is 1. The molecule has 208 valence electrons. The molecule has 3 heterocycles. The Morgan fingerprint density at radius 2 is 1.74 bits per heavy atom. The van der Waals surface area contributed by atoms with Gasteiger partial charge < -0.3 is 21.1 Å². The molecule has 2 atom stereocenters. The van der Waals surface area contributed by atoms with Crippen LogP contribution in [0.4, 0.5) is 37.8 Å². The Kier molecular flexibility index (Phi) is 8.48. The first-order chi connectivity index (χ1) is 17.7. The van der Waals surface area contributed by atoms with Gasteiger partial charge in [0.05, 0.1) is 11.9 Å². The molecule has 0 aromatic carbocycles. The molecule has 17 heteroatoms. The predicted molar refractivity (Wildman–Crippen MR) is 122 cm³/mol. The molecule has 3 aromatic heterocycles.